The third-order valence-electron chi connectivity index (χ3n) is 1.77. The molecule has 0 aromatic heterocycles. The van der Waals surface area contributed by atoms with Gasteiger partial charge in [-0.15, -0.1) is 0 Å². The number of carbonyl (C=O) groups excluding carboxylic acids is 1. The van der Waals surface area contributed by atoms with E-state index in [2.05, 4.69) is 5.32 Å². The second-order valence-electron chi connectivity index (χ2n) is 3.16. The Hall–Kier alpha value is -0.730. The van der Waals surface area contributed by atoms with E-state index in [1.807, 2.05) is 12.3 Å². The predicted octanol–water partition coefficient (Wildman–Crippen LogP) is 0.343. The second-order valence-corrected chi connectivity index (χ2v) is 4.15. The number of nitrogens with zero attached hydrogens (tertiary/aromatic N) is 1. The monoisotopic (exact) mass is 215 g/mol. The number of carbonyl (C=O) groups is 1. The van der Waals surface area contributed by atoms with Crippen LogP contribution < -0.4 is 11.1 Å². The molecule has 3 N–H and O–H groups in total. The number of rotatable bonds is 6. The minimum absolute atomic E-state index is 0.160. The first-order valence-corrected chi connectivity index (χ1v) is 5.93. The molecule has 0 spiro atoms. The van der Waals surface area contributed by atoms with Gasteiger partial charge in [0.25, 0.3) is 0 Å². The molecule has 2 atom stereocenters. The fourth-order valence-corrected chi connectivity index (χ4v) is 1.30. The summed E-state index contributed by atoms with van der Waals surface area (Å²) in [4.78, 5) is 11.3. The summed E-state index contributed by atoms with van der Waals surface area (Å²) in [5.74, 6) is 0.551. The molecule has 1 amide bonds. The molecule has 0 saturated heterocycles. The van der Waals surface area contributed by atoms with Crippen LogP contribution in [0.3, 0.4) is 0 Å². The zero-order valence-corrected chi connectivity index (χ0v) is 9.43. The Morgan fingerprint density at radius 1 is 1.71 bits per heavy atom. The summed E-state index contributed by atoms with van der Waals surface area (Å²) >= 11 is 1.66. The van der Waals surface area contributed by atoms with Crippen LogP contribution in [0.15, 0.2) is 0 Å². The van der Waals surface area contributed by atoms with E-state index in [1.165, 1.54) is 0 Å². The lowest BCUT2D eigenvalue weighted by atomic mass is 10.2. The number of amides is 1. The lowest BCUT2D eigenvalue weighted by Crippen LogP contribution is -2.42. The highest BCUT2D eigenvalue weighted by Gasteiger charge is 2.12. The molecular formula is C9H17N3OS. The molecule has 80 valence electrons. The summed E-state index contributed by atoms with van der Waals surface area (Å²) in [6.07, 6.45) is 2.65. The first-order chi connectivity index (χ1) is 6.61. The van der Waals surface area contributed by atoms with Gasteiger partial charge in [-0.25, -0.2) is 0 Å². The first-order valence-electron chi connectivity index (χ1n) is 4.53. The maximum Gasteiger partial charge on any atom is 0.236 e. The smallest absolute Gasteiger partial charge is 0.236 e. The van der Waals surface area contributed by atoms with Gasteiger partial charge in [-0.05, 0) is 25.4 Å². The Morgan fingerprint density at radius 2 is 2.36 bits per heavy atom. The van der Waals surface area contributed by atoms with Gasteiger partial charge in [-0.1, -0.05) is 0 Å². The Kier molecular flexibility index (Phi) is 7.25. The van der Waals surface area contributed by atoms with E-state index >= 15 is 0 Å². The molecule has 0 bridgehead atoms. The fraction of sp³-hybridized carbons (Fsp3) is 0.778. The van der Waals surface area contributed by atoms with Gasteiger partial charge in [-0.2, -0.15) is 17.0 Å². The summed E-state index contributed by atoms with van der Waals surface area (Å²) in [6.45, 7) is 2.13. The van der Waals surface area contributed by atoms with Crippen LogP contribution in [0.1, 0.15) is 13.3 Å². The second kappa shape index (κ2) is 7.65. The first kappa shape index (κ1) is 13.3. The van der Waals surface area contributed by atoms with Crippen molar-refractivity contribution in [3.05, 3.63) is 0 Å². The fourth-order valence-electron chi connectivity index (χ4n) is 0.806. The normalized spacial score (nSPS) is 14.1. The summed E-state index contributed by atoms with van der Waals surface area (Å²) in [5.41, 5.74) is 5.62. The number of nitrogens with two attached hydrogens (primary N) is 1. The molecule has 0 radical (unpaired) electrons. The Bertz CT molecular complexity index is 215. The van der Waals surface area contributed by atoms with Crippen molar-refractivity contribution in [3.8, 4) is 6.07 Å². The largest absolute Gasteiger partial charge is 0.353 e. The zero-order chi connectivity index (χ0) is 11.0. The van der Waals surface area contributed by atoms with Crippen LogP contribution in [-0.2, 0) is 4.79 Å². The molecule has 0 fully saturated rings. The molecule has 0 rings (SSSR count). The quantitative estimate of drug-likeness (QED) is 0.670. The van der Waals surface area contributed by atoms with Crippen LogP contribution in [0, 0.1) is 17.2 Å². The highest BCUT2D eigenvalue weighted by atomic mass is 32.2. The molecule has 5 heteroatoms. The van der Waals surface area contributed by atoms with Crippen molar-refractivity contribution in [1.82, 2.24) is 5.32 Å². The van der Waals surface area contributed by atoms with E-state index in [0.29, 0.717) is 13.0 Å². The van der Waals surface area contributed by atoms with Crippen LogP contribution in [0.2, 0.25) is 0 Å². The van der Waals surface area contributed by atoms with Crippen molar-refractivity contribution in [2.45, 2.75) is 19.4 Å². The van der Waals surface area contributed by atoms with Gasteiger partial charge in [0, 0.05) is 6.54 Å². The van der Waals surface area contributed by atoms with Crippen LogP contribution in [0.25, 0.3) is 0 Å². The van der Waals surface area contributed by atoms with E-state index in [9.17, 15) is 4.79 Å². The van der Waals surface area contributed by atoms with E-state index in [4.69, 9.17) is 11.0 Å². The molecule has 0 aliphatic heterocycles. The summed E-state index contributed by atoms with van der Waals surface area (Å²) in [5, 5.41) is 11.1. The van der Waals surface area contributed by atoms with Crippen molar-refractivity contribution < 1.29 is 4.79 Å². The highest BCUT2D eigenvalue weighted by Crippen LogP contribution is 1.98. The number of nitriles is 1. The number of nitrogens with one attached hydrogen (secondary N) is 1. The Labute approximate surface area is 89.2 Å². The van der Waals surface area contributed by atoms with Crippen molar-refractivity contribution in [2.24, 2.45) is 11.7 Å². The van der Waals surface area contributed by atoms with Gasteiger partial charge >= 0.3 is 0 Å². The molecule has 0 aromatic rings. The van der Waals surface area contributed by atoms with Crippen LogP contribution in [-0.4, -0.2) is 30.5 Å². The Balaban J connectivity index is 3.68. The van der Waals surface area contributed by atoms with E-state index in [-0.39, 0.29) is 11.8 Å². The van der Waals surface area contributed by atoms with Crippen molar-refractivity contribution in [2.75, 3.05) is 18.6 Å². The van der Waals surface area contributed by atoms with Crippen LogP contribution in [0.4, 0.5) is 0 Å². The Morgan fingerprint density at radius 3 is 2.86 bits per heavy atom. The lowest BCUT2D eigenvalue weighted by molar-refractivity contribution is -0.122. The number of thioether (sulfide) groups is 1. The minimum atomic E-state index is -0.451. The molecule has 0 aliphatic carbocycles. The molecule has 0 aromatic carbocycles. The average molecular weight is 215 g/mol. The molecule has 0 heterocycles. The topological polar surface area (TPSA) is 78.9 Å². The molecule has 14 heavy (non-hydrogen) atoms. The minimum Gasteiger partial charge on any atom is -0.353 e. The van der Waals surface area contributed by atoms with Crippen LogP contribution in [0.5, 0.6) is 0 Å². The molecule has 0 aliphatic rings. The highest BCUT2D eigenvalue weighted by molar-refractivity contribution is 7.98. The number of hydrogen-bond acceptors (Lipinski definition) is 4. The van der Waals surface area contributed by atoms with Crippen molar-refractivity contribution >= 4 is 17.7 Å². The predicted molar refractivity (Wildman–Crippen MR) is 58.8 cm³/mol. The lowest BCUT2D eigenvalue weighted by Gasteiger charge is -2.11. The van der Waals surface area contributed by atoms with E-state index in [0.717, 1.165) is 5.75 Å². The van der Waals surface area contributed by atoms with Gasteiger partial charge in [0.05, 0.1) is 18.0 Å². The SMILES string of the molecule is CSCC[C@H](N)C(=O)NCC(C)C#N. The van der Waals surface area contributed by atoms with Gasteiger partial charge in [0.2, 0.25) is 5.91 Å². The van der Waals surface area contributed by atoms with Crippen molar-refractivity contribution in [1.29, 1.82) is 5.26 Å². The van der Waals surface area contributed by atoms with Crippen molar-refractivity contribution in [3.63, 3.8) is 0 Å². The van der Waals surface area contributed by atoms with E-state index < -0.39 is 6.04 Å². The number of hydrogen-bond donors (Lipinski definition) is 2. The third kappa shape index (κ3) is 5.84. The zero-order valence-electron chi connectivity index (χ0n) is 8.62. The maximum absolute atomic E-state index is 11.3. The average Bonchev–Trinajstić information content (AvgIpc) is 2.21. The van der Waals surface area contributed by atoms with Crippen LogP contribution >= 0.6 is 11.8 Å². The van der Waals surface area contributed by atoms with Gasteiger partial charge in [-0.3, -0.25) is 4.79 Å². The van der Waals surface area contributed by atoms with Gasteiger partial charge in [0.1, 0.15) is 0 Å². The van der Waals surface area contributed by atoms with Gasteiger partial charge < -0.3 is 11.1 Å². The van der Waals surface area contributed by atoms with Gasteiger partial charge in [0.15, 0.2) is 0 Å². The summed E-state index contributed by atoms with van der Waals surface area (Å²) in [6, 6.07) is 1.59. The standard InChI is InChI=1S/C9H17N3OS/c1-7(5-10)6-12-9(13)8(11)3-4-14-2/h7-8H,3-4,6,11H2,1-2H3,(H,12,13)/t7?,8-/m0/s1. The summed E-state index contributed by atoms with van der Waals surface area (Å²) < 4.78 is 0. The maximum atomic E-state index is 11.3. The molecule has 1 unspecified atom stereocenters. The molecular weight excluding hydrogens is 198 g/mol. The molecule has 0 saturated carbocycles. The third-order valence-corrected chi connectivity index (χ3v) is 2.42. The summed E-state index contributed by atoms with van der Waals surface area (Å²) in [7, 11) is 0. The van der Waals surface area contributed by atoms with E-state index in [1.54, 1.807) is 18.7 Å². The molecule has 4 nitrogen and oxygen atoms in total.